The van der Waals surface area contributed by atoms with E-state index in [4.69, 9.17) is 10.00 Å². The van der Waals surface area contributed by atoms with Gasteiger partial charge in [-0.25, -0.2) is 9.97 Å². The third-order valence-corrected chi connectivity index (χ3v) is 4.03. The Morgan fingerprint density at radius 3 is 2.75 bits per heavy atom. The highest BCUT2D eigenvalue weighted by molar-refractivity contribution is 6.02. The highest BCUT2D eigenvalue weighted by atomic mass is 16.5. The molecule has 1 heterocycles. The highest BCUT2D eigenvalue weighted by Crippen LogP contribution is 2.17. The molecule has 0 aliphatic heterocycles. The van der Waals surface area contributed by atoms with E-state index in [1.165, 1.54) is 12.4 Å². The number of hydrogen-bond acceptors (Lipinski definition) is 6. The van der Waals surface area contributed by atoms with Crippen molar-refractivity contribution in [3.63, 3.8) is 0 Å². The molecule has 7 nitrogen and oxygen atoms in total. The van der Waals surface area contributed by atoms with Crippen molar-refractivity contribution in [1.82, 2.24) is 9.97 Å². The Balaban J connectivity index is 1.55. The maximum Gasteiger partial charge on any atom is 0.275 e. The quantitative estimate of drug-likeness (QED) is 0.659. The molecule has 0 aliphatic rings. The summed E-state index contributed by atoms with van der Waals surface area (Å²) in [5, 5.41) is 14.8. The lowest BCUT2D eigenvalue weighted by atomic mass is 10.1. The predicted molar refractivity (Wildman–Crippen MR) is 106 cm³/mol. The molecule has 0 radical (unpaired) electrons. The summed E-state index contributed by atoms with van der Waals surface area (Å²) in [5.74, 6) is 1.05. The summed E-state index contributed by atoms with van der Waals surface area (Å²) in [4.78, 5) is 20.6. The summed E-state index contributed by atoms with van der Waals surface area (Å²) in [7, 11) is 1.65. The number of para-hydroxylation sites is 1. The Morgan fingerprint density at radius 1 is 1.14 bits per heavy atom. The zero-order chi connectivity index (χ0) is 19.8. The van der Waals surface area contributed by atoms with Crippen molar-refractivity contribution in [2.24, 2.45) is 0 Å². The topological polar surface area (TPSA) is 99.9 Å². The fourth-order valence-corrected chi connectivity index (χ4v) is 2.63. The fraction of sp³-hybridized carbons (Fsp3) is 0.143. The lowest BCUT2D eigenvalue weighted by Gasteiger charge is -2.09. The molecule has 0 saturated heterocycles. The van der Waals surface area contributed by atoms with E-state index in [1.807, 2.05) is 30.3 Å². The Morgan fingerprint density at radius 2 is 2.00 bits per heavy atom. The van der Waals surface area contributed by atoms with Gasteiger partial charge in [0.1, 0.15) is 17.3 Å². The van der Waals surface area contributed by atoms with Crippen LogP contribution in [0.1, 0.15) is 21.6 Å². The molecule has 0 unspecified atom stereocenters. The number of methoxy groups -OCH3 is 1. The van der Waals surface area contributed by atoms with Crippen molar-refractivity contribution in [3.05, 3.63) is 77.7 Å². The number of rotatable bonds is 7. The predicted octanol–water partition coefficient (Wildman–Crippen LogP) is 3.26. The van der Waals surface area contributed by atoms with Gasteiger partial charge in [0.15, 0.2) is 0 Å². The lowest BCUT2D eigenvalue weighted by Crippen LogP contribution is -2.15. The molecule has 3 rings (SSSR count). The van der Waals surface area contributed by atoms with Crippen LogP contribution in [0.5, 0.6) is 5.75 Å². The molecule has 0 spiro atoms. The number of anilines is 2. The molecule has 7 heteroatoms. The van der Waals surface area contributed by atoms with E-state index in [2.05, 4.69) is 20.6 Å². The second-order valence-electron chi connectivity index (χ2n) is 5.92. The molecule has 140 valence electrons. The SMILES string of the molecule is COc1ccccc1CCNc1cnc(C(=O)Nc2cccc(C#N)c2)cn1. The first-order valence-corrected chi connectivity index (χ1v) is 8.69. The molecular weight excluding hydrogens is 354 g/mol. The third-order valence-electron chi connectivity index (χ3n) is 4.03. The molecule has 0 atom stereocenters. The number of ether oxygens (including phenoxy) is 1. The zero-order valence-electron chi connectivity index (χ0n) is 15.3. The van der Waals surface area contributed by atoms with Crippen molar-refractivity contribution in [2.75, 3.05) is 24.3 Å². The van der Waals surface area contributed by atoms with E-state index in [9.17, 15) is 4.79 Å². The molecule has 0 fully saturated rings. The summed E-state index contributed by atoms with van der Waals surface area (Å²) in [6.45, 7) is 0.654. The van der Waals surface area contributed by atoms with E-state index < -0.39 is 0 Å². The second kappa shape index (κ2) is 9.14. The molecule has 2 aromatic carbocycles. The van der Waals surface area contributed by atoms with Crippen molar-refractivity contribution in [3.8, 4) is 11.8 Å². The number of carbonyl (C=O) groups excluding carboxylic acids is 1. The number of benzene rings is 2. The first-order chi connectivity index (χ1) is 13.7. The van der Waals surface area contributed by atoms with Crippen molar-refractivity contribution < 1.29 is 9.53 Å². The number of nitriles is 1. The first kappa shape index (κ1) is 18.9. The van der Waals surface area contributed by atoms with Crippen molar-refractivity contribution >= 4 is 17.4 Å². The number of nitrogens with zero attached hydrogens (tertiary/aromatic N) is 3. The molecule has 0 bridgehead atoms. The van der Waals surface area contributed by atoms with Gasteiger partial charge in [-0.1, -0.05) is 24.3 Å². The van der Waals surface area contributed by atoms with Crippen LogP contribution < -0.4 is 15.4 Å². The van der Waals surface area contributed by atoms with Gasteiger partial charge >= 0.3 is 0 Å². The van der Waals surface area contributed by atoms with Gasteiger partial charge in [-0.05, 0) is 36.2 Å². The minimum Gasteiger partial charge on any atom is -0.496 e. The molecule has 0 saturated carbocycles. The standard InChI is InChI=1S/C21H19N5O2/c1-28-19-8-3-2-6-16(19)9-10-23-20-14-24-18(13-25-20)21(27)26-17-7-4-5-15(11-17)12-22/h2-8,11,13-14H,9-10H2,1H3,(H,23,25)(H,26,27). The van der Waals surface area contributed by atoms with Gasteiger partial charge < -0.3 is 15.4 Å². The fourth-order valence-electron chi connectivity index (χ4n) is 2.63. The maximum absolute atomic E-state index is 12.3. The number of hydrogen-bond donors (Lipinski definition) is 2. The van der Waals surface area contributed by atoms with E-state index in [1.54, 1.807) is 31.4 Å². The van der Waals surface area contributed by atoms with E-state index in [0.717, 1.165) is 17.7 Å². The minimum atomic E-state index is -0.386. The number of nitrogens with one attached hydrogen (secondary N) is 2. The Labute approximate surface area is 163 Å². The normalized spacial score (nSPS) is 10.0. The van der Waals surface area contributed by atoms with Crippen LogP contribution >= 0.6 is 0 Å². The molecule has 0 aliphatic carbocycles. The van der Waals surface area contributed by atoms with Crippen LogP contribution in [0.15, 0.2) is 60.9 Å². The van der Waals surface area contributed by atoms with Crippen LogP contribution in [0, 0.1) is 11.3 Å². The lowest BCUT2D eigenvalue weighted by molar-refractivity contribution is 0.102. The Hall–Kier alpha value is -3.92. The van der Waals surface area contributed by atoms with Crippen molar-refractivity contribution in [1.29, 1.82) is 5.26 Å². The molecule has 28 heavy (non-hydrogen) atoms. The molecule has 3 aromatic rings. The van der Waals surface area contributed by atoms with Crippen LogP contribution in [0.4, 0.5) is 11.5 Å². The van der Waals surface area contributed by atoms with Crippen LogP contribution in [0.25, 0.3) is 0 Å². The second-order valence-corrected chi connectivity index (χ2v) is 5.92. The summed E-state index contributed by atoms with van der Waals surface area (Å²) >= 11 is 0. The van der Waals surface area contributed by atoms with Crippen molar-refractivity contribution in [2.45, 2.75) is 6.42 Å². The molecule has 2 N–H and O–H groups in total. The summed E-state index contributed by atoms with van der Waals surface area (Å²) in [6.07, 6.45) is 3.70. The summed E-state index contributed by atoms with van der Waals surface area (Å²) in [6, 6.07) is 16.5. The third kappa shape index (κ3) is 4.83. The van der Waals surface area contributed by atoms with Crippen LogP contribution in [0.3, 0.4) is 0 Å². The van der Waals surface area contributed by atoms with E-state index in [-0.39, 0.29) is 11.6 Å². The average molecular weight is 373 g/mol. The van der Waals surface area contributed by atoms with Gasteiger partial charge in [-0.3, -0.25) is 4.79 Å². The van der Waals surface area contributed by atoms with Gasteiger partial charge in [0.2, 0.25) is 0 Å². The molecular formula is C21H19N5O2. The first-order valence-electron chi connectivity index (χ1n) is 8.69. The number of carbonyl (C=O) groups is 1. The van der Waals surface area contributed by atoms with E-state index >= 15 is 0 Å². The van der Waals surface area contributed by atoms with Crippen LogP contribution in [0.2, 0.25) is 0 Å². The minimum absolute atomic E-state index is 0.192. The monoisotopic (exact) mass is 373 g/mol. The largest absolute Gasteiger partial charge is 0.496 e. The van der Waals surface area contributed by atoms with Gasteiger partial charge in [-0.2, -0.15) is 5.26 Å². The highest BCUT2D eigenvalue weighted by Gasteiger charge is 2.09. The average Bonchev–Trinajstić information content (AvgIpc) is 2.74. The zero-order valence-corrected chi connectivity index (χ0v) is 15.3. The molecule has 1 aromatic heterocycles. The smallest absolute Gasteiger partial charge is 0.275 e. The maximum atomic E-state index is 12.3. The van der Waals surface area contributed by atoms with Gasteiger partial charge in [0, 0.05) is 12.2 Å². The Bertz CT molecular complexity index is 996. The number of aromatic nitrogens is 2. The van der Waals surface area contributed by atoms with Crippen LogP contribution in [-0.2, 0) is 6.42 Å². The summed E-state index contributed by atoms with van der Waals surface area (Å²) in [5.41, 5.74) is 2.29. The van der Waals surface area contributed by atoms with E-state index in [0.29, 0.717) is 23.6 Å². The van der Waals surface area contributed by atoms with Gasteiger partial charge in [-0.15, -0.1) is 0 Å². The van der Waals surface area contributed by atoms with Gasteiger partial charge in [0.25, 0.3) is 5.91 Å². The van der Waals surface area contributed by atoms with Gasteiger partial charge in [0.05, 0.1) is 31.1 Å². The number of amides is 1. The summed E-state index contributed by atoms with van der Waals surface area (Å²) < 4.78 is 5.34. The Kier molecular flexibility index (Phi) is 6.16. The van der Waals surface area contributed by atoms with Crippen LogP contribution in [-0.4, -0.2) is 29.5 Å². The molecule has 1 amide bonds.